The number of hydrogen-bond acceptors (Lipinski definition) is 4. The molecule has 1 atom stereocenters. The van der Waals surface area contributed by atoms with Crippen LogP contribution in [0.1, 0.15) is 31.3 Å². The highest BCUT2D eigenvalue weighted by Crippen LogP contribution is 2.21. The topological polar surface area (TPSA) is 81.5 Å². The van der Waals surface area contributed by atoms with E-state index in [1.54, 1.807) is 35.8 Å². The number of hydrogen-bond donors (Lipinski definition) is 1. The van der Waals surface area contributed by atoms with Crippen LogP contribution in [0.5, 0.6) is 0 Å². The van der Waals surface area contributed by atoms with E-state index in [4.69, 9.17) is 16.0 Å². The fraction of sp³-hybridized carbons (Fsp3) is 0.250. The minimum atomic E-state index is -0.772. The van der Waals surface area contributed by atoms with E-state index in [-0.39, 0.29) is 18.0 Å². The molecule has 1 aromatic carbocycles. The Labute approximate surface area is 165 Å². The first-order valence-electron chi connectivity index (χ1n) is 9.02. The van der Waals surface area contributed by atoms with Gasteiger partial charge in [0.15, 0.2) is 5.58 Å². The number of carbonyl (C=O) groups is 1. The molecule has 0 fully saturated rings. The summed E-state index contributed by atoms with van der Waals surface area (Å²) in [5.41, 5.74) is 2.30. The maximum Gasteiger partial charge on any atom is 0.291 e. The van der Waals surface area contributed by atoms with Crippen molar-refractivity contribution >= 4 is 34.1 Å². The molecular weight excluding hydrogens is 380 g/mol. The predicted molar refractivity (Wildman–Crippen MR) is 107 cm³/mol. The molecule has 0 spiro atoms. The Balaban J connectivity index is 1.67. The molecule has 3 heterocycles. The third-order valence-electron chi connectivity index (χ3n) is 4.80. The molecule has 4 rings (SSSR count). The second-order valence-electron chi connectivity index (χ2n) is 6.54. The van der Waals surface area contributed by atoms with Gasteiger partial charge in [0, 0.05) is 30.1 Å². The van der Waals surface area contributed by atoms with Crippen LogP contribution in [0, 0.1) is 0 Å². The average molecular weight is 399 g/mol. The highest BCUT2D eigenvalue weighted by atomic mass is 35.5. The van der Waals surface area contributed by atoms with Crippen LogP contribution in [0.25, 0.3) is 16.6 Å². The predicted octanol–water partition coefficient (Wildman–Crippen LogP) is 3.34. The van der Waals surface area contributed by atoms with E-state index in [1.807, 2.05) is 25.1 Å². The SMILES string of the molecule is CCc1nn(C(C)C(=O)NCc2ccccc2Cl)c(=O)c2cc3occc3n12. The van der Waals surface area contributed by atoms with Crippen LogP contribution in [0.4, 0.5) is 0 Å². The maximum absolute atomic E-state index is 13.0. The van der Waals surface area contributed by atoms with Crippen molar-refractivity contribution in [2.45, 2.75) is 32.9 Å². The minimum Gasteiger partial charge on any atom is -0.463 e. The zero-order valence-electron chi connectivity index (χ0n) is 15.5. The Morgan fingerprint density at radius 3 is 2.82 bits per heavy atom. The van der Waals surface area contributed by atoms with Crippen molar-refractivity contribution in [1.29, 1.82) is 0 Å². The highest BCUT2D eigenvalue weighted by molar-refractivity contribution is 6.31. The highest BCUT2D eigenvalue weighted by Gasteiger charge is 2.22. The van der Waals surface area contributed by atoms with Crippen LogP contribution in [0.2, 0.25) is 5.02 Å². The van der Waals surface area contributed by atoms with Gasteiger partial charge in [-0.2, -0.15) is 5.10 Å². The molecule has 0 saturated carbocycles. The van der Waals surface area contributed by atoms with Crippen molar-refractivity contribution in [3.63, 3.8) is 0 Å². The van der Waals surface area contributed by atoms with E-state index in [9.17, 15) is 9.59 Å². The normalized spacial score (nSPS) is 12.5. The molecule has 4 aromatic rings. The summed E-state index contributed by atoms with van der Waals surface area (Å²) in [4.78, 5) is 25.6. The molecule has 7 nitrogen and oxygen atoms in total. The van der Waals surface area contributed by atoms with Gasteiger partial charge in [-0.15, -0.1) is 0 Å². The van der Waals surface area contributed by atoms with E-state index in [0.717, 1.165) is 11.1 Å². The fourth-order valence-electron chi connectivity index (χ4n) is 3.27. The number of amides is 1. The van der Waals surface area contributed by atoms with Gasteiger partial charge in [0.25, 0.3) is 5.56 Å². The molecule has 3 aromatic heterocycles. The zero-order valence-corrected chi connectivity index (χ0v) is 16.2. The Morgan fingerprint density at radius 2 is 2.07 bits per heavy atom. The molecule has 0 aliphatic carbocycles. The van der Waals surface area contributed by atoms with E-state index in [1.165, 1.54) is 4.68 Å². The number of nitrogens with one attached hydrogen (secondary N) is 1. The molecule has 0 aliphatic heterocycles. The van der Waals surface area contributed by atoms with Gasteiger partial charge >= 0.3 is 0 Å². The van der Waals surface area contributed by atoms with Crippen molar-refractivity contribution in [3.8, 4) is 0 Å². The number of aromatic nitrogens is 3. The van der Waals surface area contributed by atoms with E-state index in [2.05, 4.69) is 10.4 Å². The van der Waals surface area contributed by atoms with Crippen molar-refractivity contribution in [3.05, 3.63) is 69.4 Å². The molecule has 144 valence electrons. The lowest BCUT2D eigenvalue weighted by Crippen LogP contribution is -2.38. The van der Waals surface area contributed by atoms with Crippen LogP contribution in [0.15, 0.2) is 51.9 Å². The van der Waals surface area contributed by atoms with Crippen molar-refractivity contribution in [2.24, 2.45) is 0 Å². The average Bonchev–Trinajstić information content (AvgIpc) is 3.29. The summed E-state index contributed by atoms with van der Waals surface area (Å²) in [5, 5.41) is 7.86. The largest absolute Gasteiger partial charge is 0.463 e. The standard InChI is InChI=1S/C20H19ClN4O3/c1-3-18-23-25(20(27)16-10-17-15(24(16)18)8-9-28-17)12(2)19(26)22-11-13-6-4-5-7-14(13)21/h4-10,12H,3,11H2,1-2H3,(H,22,26). The number of benzene rings is 1. The lowest BCUT2D eigenvalue weighted by Gasteiger charge is -2.16. The van der Waals surface area contributed by atoms with Gasteiger partial charge in [-0.3, -0.25) is 14.0 Å². The van der Waals surface area contributed by atoms with Crippen LogP contribution in [-0.4, -0.2) is 20.1 Å². The third-order valence-corrected chi connectivity index (χ3v) is 5.17. The fourth-order valence-corrected chi connectivity index (χ4v) is 3.47. The Hall–Kier alpha value is -3.06. The summed E-state index contributed by atoms with van der Waals surface area (Å²) in [7, 11) is 0. The first kappa shape index (κ1) is 18.3. The lowest BCUT2D eigenvalue weighted by molar-refractivity contribution is -0.124. The van der Waals surface area contributed by atoms with Crippen LogP contribution >= 0.6 is 11.6 Å². The zero-order chi connectivity index (χ0) is 19.8. The Kier molecular flexibility index (Phi) is 4.68. The quantitative estimate of drug-likeness (QED) is 0.559. The molecule has 1 unspecified atom stereocenters. The number of nitrogens with zero attached hydrogens (tertiary/aromatic N) is 3. The van der Waals surface area contributed by atoms with Crippen LogP contribution < -0.4 is 10.9 Å². The smallest absolute Gasteiger partial charge is 0.291 e. The van der Waals surface area contributed by atoms with E-state index >= 15 is 0 Å². The molecule has 28 heavy (non-hydrogen) atoms. The molecule has 0 bridgehead atoms. The Bertz CT molecular complexity index is 1240. The van der Waals surface area contributed by atoms with Gasteiger partial charge in [0.1, 0.15) is 17.4 Å². The van der Waals surface area contributed by atoms with Crippen molar-refractivity contribution in [1.82, 2.24) is 19.5 Å². The molecule has 1 N–H and O–H groups in total. The van der Waals surface area contributed by atoms with Gasteiger partial charge < -0.3 is 9.73 Å². The van der Waals surface area contributed by atoms with Gasteiger partial charge in [0.2, 0.25) is 5.91 Å². The molecule has 0 radical (unpaired) electrons. The molecule has 8 heteroatoms. The van der Waals surface area contributed by atoms with Crippen LogP contribution in [0.3, 0.4) is 0 Å². The maximum atomic E-state index is 13.0. The van der Waals surface area contributed by atoms with Gasteiger partial charge in [-0.1, -0.05) is 36.7 Å². The van der Waals surface area contributed by atoms with Crippen molar-refractivity contribution < 1.29 is 9.21 Å². The number of rotatable bonds is 5. The summed E-state index contributed by atoms with van der Waals surface area (Å²) < 4.78 is 8.43. The van der Waals surface area contributed by atoms with Gasteiger partial charge in [-0.25, -0.2) is 4.68 Å². The molecule has 0 aliphatic rings. The summed E-state index contributed by atoms with van der Waals surface area (Å²) in [5.74, 6) is 0.368. The molecule has 1 amide bonds. The summed E-state index contributed by atoms with van der Waals surface area (Å²) in [6.45, 7) is 3.88. The number of carbonyl (C=O) groups excluding carboxylic acids is 1. The molecule has 0 saturated heterocycles. The van der Waals surface area contributed by atoms with Crippen LogP contribution in [-0.2, 0) is 17.8 Å². The Morgan fingerprint density at radius 1 is 1.29 bits per heavy atom. The lowest BCUT2D eigenvalue weighted by atomic mass is 10.2. The van der Waals surface area contributed by atoms with Gasteiger partial charge in [0.05, 0.1) is 11.8 Å². The van der Waals surface area contributed by atoms with E-state index in [0.29, 0.717) is 28.4 Å². The second-order valence-corrected chi connectivity index (χ2v) is 6.95. The summed E-state index contributed by atoms with van der Waals surface area (Å²) >= 11 is 6.13. The summed E-state index contributed by atoms with van der Waals surface area (Å²) in [6, 6.07) is 10.0. The summed E-state index contributed by atoms with van der Waals surface area (Å²) in [6.07, 6.45) is 2.17. The van der Waals surface area contributed by atoms with E-state index < -0.39 is 6.04 Å². The molecular formula is C20H19ClN4O3. The number of aryl methyl sites for hydroxylation is 1. The monoisotopic (exact) mass is 398 g/mol. The minimum absolute atomic E-state index is 0.276. The van der Waals surface area contributed by atoms with Gasteiger partial charge in [-0.05, 0) is 18.6 Å². The number of halogens is 1. The third kappa shape index (κ3) is 2.97. The van der Waals surface area contributed by atoms with Crippen molar-refractivity contribution in [2.75, 3.05) is 0 Å². The first-order valence-corrected chi connectivity index (χ1v) is 9.40. The number of furan rings is 1. The second kappa shape index (κ2) is 7.16. The number of fused-ring (bicyclic) bond motifs is 3. The first-order chi connectivity index (χ1) is 13.5.